The molecule has 2 aliphatic heterocycles. The maximum atomic E-state index is 13.0. The smallest absolute Gasteiger partial charge is 0.233 e. The first kappa shape index (κ1) is 15.4. The maximum Gasteiger partial charge on any atom is 0.233 e. The van der Waals surface area contributed by atoms with Crippen LogP contribution in [0.4, 0.5) is 5.69 Å². The molecule has 2 aliphatic rings. The van der Waals surface area contributed by atoms with Crippen LogP contribution in [-0.2, 0) is 18.4 Å². The molecule has 2 aromatic rings. The Kier molecular flexibility index (Phi) is 3.88. The number of likely N-dealkylation sites (tertiary alicyclic amines) is 1. The average molecular weight is 324 g/mol. The third-order valence-corrected chi connectivity index (χ3v) is 5.72. The summed E-state index contributed by atoms with van der Waals surface area (Å²) >= 11 is 0. The third-order valence-electron chi connectivity index (χ3n) is 5.72. The molecule has 1 spiro atoms. The summed E-state index contributed by atoms with van der Waals surface area (Å²) in [6, 6.07) is 8.15. The topological polar surface area (TPSA) is 41.4 Å². The Balaban J connectivity index is 1.42. The second kappa shape index (κ2) is 6.06. The molecule has 0 saturated carbocycles. The van der Waals surface area contributed by atoms with E-state index in [9.17, 15) is 4.79 Å². The summed E-state index contributed by atoms with van der Waals surface area (Å²) in [5, 5.41) is 0. The van der Waals surface area contributed by atoms with E-state index in [1.54, 1.807) is 12.4 Å². The van der Waals surface area contributed by atoms with Crippen molar-refractivity contribution in [3.8, 4) is 0 Å². The van der Waals surface area contributed by atoms with Gasteiger partial charge in [-0.3, -0.25) is 14.7 Å². The molecule has 0 aromatic carbocycles. The molecule has 5 nitrogen and oxygen atoms in total. The first-order chi connectivity index (χ1) is 11.7. The van der Waals surface area contributed by atoms with Gasteiger partial charge in [0.2, 0.25) is 5.91 Å². The van der Waals surface area contributed by atoms with Gasteiger partial charge in [0.25, 0.3) is 0 Å². The molecular formula is C19H24N4O. The van der Waals surface area contributed by atoms with Crippen LogP contribution in [0, 0.1) is 5.41 Å². The number of hydrogen-bond donors (Lipinski definition) is 0. The third kappa shape index (κ3) is 2.63. The Hall–Kier alpha value is -2.14. The highest BCUT2D eigenvalue weighted by molar-refractivity contribution is 5.99. The van der Waals surface area contributed by atoms with Gasteiger partial charge in [0.1, 0.15) is 0 Å². The Morgan fingerprint density at radius 2 is 1.92 bits per heavy atom. The molecule has 0 radical (unpaired) electrons. The van der Waals surface area contributed by atoms with Crippen LogP contribution in [0.15, 0.2) is 42.9 Å². The predicted octanol–water partition coefficient (Wildman–Crippen LogP) is 2.44. The fourth-order valence-electron chi connectivity index (χ4n) is 4.07. The minimum absolute atomic E-state index is 0.152. The van der Waals surface area contributed by atoms with Crippen LogP contribution in [0.5, 0.6) is 0 Å². The minimum Gasteiger partial charge on any atom is -0.353 e. The van der Waals surface area contributed by atoms with Gasteiger partial charge in [0, 0.05) is 38.2 Å². The van der Waals surface area contributed by atoms with E-state index in [0.717, 1.165) is 51.1 Å². The Morgan fingerprint density at radius 3 is 2.58 bits per heavy atom. The van der Waals surface area contributed by atoms with Crippen molar-refractivity contribution in [2.24, 2.45) is 12.5 Å². The molecule has 5 heteroatoms. The number of hydrogen-bond acceptors (Lipinski definition) is 3. The number of aromatic nitrogens is 2. The molecule has 2 aromatic heterocycles. The van der Waals surface area contributed by atoms with E-state index in [2.05, 4.69) is 39.8 Å². The van der Waals surface area contributed by atoms with Crippen molar-refractivity contribution >= 4 is 11.6 Å². The van der Waals surface area contributed by atoms with Gasteiger partial charge in [0.15, 0.2) is 0 Å². The van der Waals surface area contributed by atoms with Gasteiger partial charge in [-0.25, -0.2) is 0 Å². The molecule has 126 valence electrons. The van der Waals surface area contributed by atoms with Crippen molar-refractivity contribution in [2.75, 3.05) is 24.5 Å². The normalized spacial score (nSPS) is 20.9. The highest BCUT2D eigenvalue weighted by Gasteiger charge is 2.48. The van der Waals surface area contributed by atoms with Gasteiger partial charge in [0.05, 0.1) is 17.3 Å². The SMILES string of the molecule is Cn1cccc1CN1CCC2(CC1)CCN(c1cccnc1)C2=O. The summed E-state index contributed by atoms with van der Waals surface area (Å²) < 4.78 is 2.18. The fraction of sp³-hybridized carbons (Fsp3) is 0.474. The van der Waals surface area contributed by atoms with Crippen LogP contribution in [-0.4, -0.2) is 40.0 Å². The lowest BCUT2D eigenvalue weighted by Gasteiger charge is -2.38. The Bertz CT molecular complexity index is 716. The molecule has 0 aliphatic carbocycles. The van der Waals surface area contributed by atoms with E-state index in [0.29, 0.717) is 5.91 Å². The van der Waals surface area contributed by atoms with Crippen LogP contribution in [0.1, 0.15) is 25.0 Å². The maximum absolute atomic E-state index is 13.0. The Morgan fingerprint density at radius 1 is 1.12 bits per heavy atom. The molecule has 2 fully saturated rings. The van der Waals surface area contributed by atoms with Gasteiger partial charge in [-0.1, -0.05) is 0 Å². The molecular weight excluding hydrogens is 300 g/mol. The van der Waals surface area contributed by atoms with Crippen LogP contribution in [0.2, 0.25) is 0 Å². The molecule has 0 bridgehead atoms. The molecule has 0 unspecified atom stereocenters. The zero-order valence-electron chi connectivity index (χ0n) is 14.2. The van der Waals surface area contributed by atoms with Crippen molar-refractivity contribution in [3.63, 3.8) is 0 Å². The highest BCUT2D eigenvalue weighted by Crippen LogP contribution is 2.43. The Labute approximate surface area is 142 Å². The monoisotopic (exact) mass is 324 g/mol. The lowest BCUT2D eigenvalue weighted by atomic mass is 9.77. The van der Waals surface area contributed by atoms with Crippen molar-refractivity contribution < 1.29 is 4.79 Å². The lowest BCUT2D eigenvalue weighted by molar-refractivity contribution is -0.128. The molecule has 4 rings (SSSR count). The molecule has 2 saturated heterocycles. The number of aryl methyl sites for hydroxylation is 1. The standard InChI is InChI=1S/C19H24N4O/c1-21-10-3-5-17(21)15-22-11-6-19(7-12-22)8-13-23(18(19)24)16-4-2-9-20-14-16/h2-5,9-10,14H,6-8,11-13,15H2,1H3. The largest absolute Gasteiger partial charge is 0.353 e. The molecule has 4 heterocycles. The number of rotatable bonds is 3. The van der Waals surface area contributed by atoms with E-state index < -0.39 is 0 Å². The summed E-state index contributed by atoms with van der Waals surface area (Å²) in [6.07, 6.45) is 8.54. The lowest BCUT2D eigenvalue weighted by Crippen LogP contribution is -2.44. The fourth-order valence-corrected chi connectivity index (χ4v) is 4.07. The zero-order valence-corrected chi connectivity index (χ0v) is 14.2. The number of nitrogens with zero attached hydrogens (tertiary/aromatic N) is 4. The first-order valence-corrected chi connectivity index (χ1v) is 8.73. The van der Waals surface area contributed by atoms with E-state index >= 15 is 0 Å². The van der Waals surface area contributed by atoms with Gasteiger partial charge >= 0.3 is 0 Å². The predicted molar refractivity (Wildman–Crippen MR) is 93.6 cm³/mol. The first-order valence-electron chi connectivity index (χ1n) is 8.73. The van der Waals surface area contributed by atoms with E-state index in [-0.39, 0.29) is 5.41 Å². The number of carbonyl (C=O) groups excluding carboxylic acids is 1. The van der Waals surface area contributed by atoms with Crippen molar-refractivity contribution in [2.45, 2.75) is 25.8 Å². The van der Waals surface area contributed by atoms with Gasteiger partial charge in [-0.15, -0.1) is 0 Å². The number of anilines is 1. The minimum atomic E-state index is -0.152. The second-order valence-electron chi connectivity index (χ2n) is 7.08. The zero-order chi connectivity index (χ0) is 16.6. The van der Waals surface area contributed by atoms with Crippen LogP contribution in [0.25, 0.3) is 0 Å². The van der Waals surface area contributed by atoms with Gasteiger partial charge in [-0.2, -0.15) is 0 Å². The number of carbonyl (C=O) groups is 1. The van der Waals surface area contributed by atoms with Crippen LogP contribution < -0.4 is 4.90 Å². The summed E-state index contributed by atoms with van der Waals surface area (Å²) in [4.78, 5) is 21.6. The van der Waals surface area contributed by atoms with E-state index in [1.807, 2.05) is 17.0 Å². The molecule has 1 amide bonds. The second-order valence-corrected chi connectivity index (χ2v) is 7.08. The van der Waals surface area contributed by atoms with Crippen molar-refractivity contribution in [1.82, 2.24) is 14.5 Å². The highest BCUT2D eigenvalue weighted by atomic mass is 16.2. The van der Waals surface area contributed by atoms with Gasteiger partial charge < -0.3 is 9.47 Å². The average Bonchev–Trinajstić information content (AvgIpc) is 3.15. The van der Waals surface area contributed by atoms with E-state index in [1.165, 1.54) is 5.69 Å². The molecule has 0 N–H and O–H groups in total. The number of amides is 1. The molecule has 24 heavy (non-hydrogen) atoms. The van der Waals surface area contributed by atoms with Crippen LogP contribution in [0.3, 0.4) is 0 Å². The van der Waals surface area contributed by atoms with Gasteiger partial charge in [-0.05, 0) is 56.6 Å². The summed E-state index contributed by atoms with van der Waals surface area (Å²) in [7, 11) is 2.09. The summed E-state index contributed by atoms with van der Waals surface area (Å²) in [6.45, 7) is 3.79. The molecule has 0 atom stereocenters. The summed E-state index contributed by atoms with van der Waals surface area (Å²) in [5.41, 5.74) is 2.12. The van der Waals surface area contributed by atoms with Crippen molar-refractivity contribution in [3.05, 3.63) is 48.5 Å². The number of pyridine rings is 1. The quantitative estimate of drug-likeness (QED) is 0.871. The van der Waals surface area contributed by atoms with E-state index in [4.69, 9.17) is 0 Å². The van der Waals surface area contributed by atoms with Crippen LogP contribution >= 0.6 is 0 Å². The summed E-state index contributed by atoms with van der Waals surface area (Å²) in [5.74, 6) is 0.300. The van der Waals surface area contributed by atoms with Crippen molar-refractivity contribution in [1.29, 1.82) is 0 Å². The number of piperidine rings is 1.